The van der Waals surface area contributed by atoms with Gasteiger partial charge in [-0.05, 0) is 18.9 Å². The van der Waals surface area contributed by atoms with Gasteiger partial charge in [-0.25, -0.2) is 0 Å². The fourth-order valence-electron chi connectivity index (χ4n) is 5.04. The molecule has 3 aromatic rings. The van der Waals surface area contributed by atoms with Gasteiger partial charge in [0.05, 0.1) is 6.20 Å². The lowest BCUT2D eigenvalue weighted by molar-refractivity contribution is -0.919. The van der Waals surface area contributed by atoms with Crippen molar-refractivity contribution in [3.05, 3.63) is 120 Å². The quantitative estimate of drug-likeness (QED) is 0.137. The first-order chi connectivity index (χ1) is 17.3. The maximum absolute atomic E-state index is 2.51. The molecule has 186 valence electrons. The van der Waals surface area contributed by atoms with Crippen molar-refractivity contribution in [2.45, 2.75) is 90.8 Å². The van der Waals surface area contributed by atoms with E-state index in [1.54, 1.807) is 0 Å². The number of hydrogen-bond acceptors (Lipinski definition) is 0. The summed E-state index contributed by atoms with van der Waals surface area (Å²) in [5, 5.41) is 0. The Balaban J connectivity index is 1.66. The normalized spacial score (nSPS) is 11.8. The minimum absolute atomic E-state index is 0.912. The molecule has 0 unspecified atom stereocenters. The number of benzene rings is 3. The Morgan fingerprint density at radius 3 is 1.26 bits per heavy atom. The van der Waals surface area contributed by atoms with Crippen molar-refractivity contribution in [1.29, 1.82) is 0 Å². The fraction of sp³-hybridized carbons (Fsp3) is 0.412. The van der Waals surface area contributed by atoms with Crippen LogP contribution in [0.4, 0.5) is 0 Å². The summed E-state index contributed by atoms with van der Waals surface area (Å²) in [5.41, 5.74) is 4.19. The number of unbranched alkanes of at least 4 members (excludes halogenated alkanes) is 9. The lowest BCUT2D eigenvalue weighted by atomic mass is 10.1. The second-order valence-electron chi connectivity index (χ2n) is 10.2. The molecule has 1 heteroatoms. The van der Waals surface area contributed by atoms with Crippen molar-refractivity contribution in [1.82, 2.24) is 0 Å². The molecule has 0 bridgehead atoms. The molecule has 0 spiro atoms. The van der Waals surface area contributed by atoms with Gasteiger partial charge in [-0.2, -0.15) is 0 Å². The number of allylic oxidation sites excluding steroid dienone is 1. The molecule has 0 heterocycles. The smallest absolute Gasteiger partial charge is 0.109 e. The van der Waals surface area contributed by atoms with Crippen molar-refractivity contribution in [2.24, 2.45) is 0 Å². The van der Waals surface area contributed by atoms with E-state index in [1.165, 1.54) is 80.9 Å². The van der Waals surface area contributed by atoms with Crippen molar-refractivity contribution in [2.75, 3.05) is 0 Å². The summed E-state index contributed by atoms with van der Waals surface area (Å²) in [7, 11) is 0. The Bertz CT molecular complexity index is 829. The Kier molecular flexibility index (Phi) is 12.4. The molecule has 0 aliphatic carbocycles. The van der Waals surface area contributed by atoms with Gasteiger partial charge in [-0.15, -0.1) is 0 Å². The number of quaternary nitrogens is 1. The molecule has 1 nitrogen and oxygen atoms in total. The Hall–Kier alpha value is -2.64. The third-order valence-corrected chi connectivity index (χ3v) is 6.92. The van der Waals surface area contributed by atoms with Crippen LogP contribution >= 0.6 is 0 Å². The minimum Gasteiger partial charge on any atom is -0.286 e. The second kappa shape index (κ2) is 16.1. The maximum Gasteiger partial charge on any atom is 0.109 e. The molecular formula is C34H46N+. The summed E-state index contributed by atoms with van der Waals surface area (Å²) in [4.78, 5) is 0. The Morgan fingerprint density at radius 1 is 0.486 bits per heavy atom. The van der Waals surface area contributed by atoms with Crippen LogP contribution in [0.15, 0.2) is 103 Å². The van der Waals surface area contributed by atoms with Crippen LogP contribution in [-0.4, -0.2) is 4.48 Å². The molecular weight excluding hydrogens is 422 g/mol. The van der Waals surface area contributed by atoms with E-state index in [4.69, 9.17) is 0 Å². The topological polar surface area (TPSA) is 0 Å². The summed E-state index contributed by atoms with van der Waals surface area (Å²) in [6, 6.07) is 33.0. The monoisotopic (exact) mass is 468 g/mol. The molecule has 3 aromatic carbocycles. The van der Waals surface area contributed by atoms with Crippen LogP contribution in [0.1, 0.15) is 87.8 Å². The third-order valence-electron chi connectivity index (χ3n) is 6.92. The van der Waals surface area contributed by atoms with E-state index in [1.807, 2.05) is 0 Å². The van der Waals surface area contributed by atoms with Gasteiger partial charge >= 0.3 is 0 Å². The predicted octanol–water partition coefficient (Wildman–Crippen LogP) is 9.84. The van der Waals surface area contributed by atoms with Crippen LogP contribution in [-0.2, 0) is 19.6 Å². The molecule has 0 N–H and O–H groups in total. The van der Waals surface area contributed by atoms with Crippen LogP contribution in [0.3, 0.4) is 0 Å². The van der Waals surface area contributed by atoms with Gasteiger partial charge in [-0.3, -0.25) is 4.48 Å². The van der Waals surface area contributed by atoms with Crippen molar-refractivity contribution in [3.8, 4) is 0 Å². The summed E-state index contributed by atoms with van der Waals surface area (Å²) in [6.45, 7) is 5.29. The molecule has 0 atom stereocenters. The molecule has 0 aromatic heterocycles. The third kappa shape index (κ3) is 10.7. The zero-order valence-electron chi connectivity index (χ0n) is 22.0. The van der Waals surface area contributed by atoms with Crippen LogP contribution in [0.25, 0.3) is 0 Å². The fourth-order valence-corrected chi connectivity index (χ4v) is 5.04. The van der Waals surface area contributed by atoms with Crippen LogP contribution < -0.4 is 0 Å². The second-order valence-corrected chi connectivity index (χ2v) is 10.2. The van der Waals surface area contributed by atoms with Gasteiger partial charge < -0.3 is 0 Å². The van der Waals surface area contributed by atoms with E-state index in [-0.39, 0.29) is 0 Å². The van der Waals surface area contributed by atoms with E-state index in [9.17, 15) is 0 Å². The summed E-state index contributed by atoms with van der Waals surface area (Å²) in [6.07, 6.45) is 18.6. The van der Waals surface area contributed by atoms with E-state index >= 15 is 0 Å². The maximum atomic E-state index is 2.51. The summed E-state index contributed by atoms with van der Waals surface area (Å²) < 4.78 is 0.912. The van der Waals surface area contributed by atoms with E-state index in [2.05, 4.69) is 110 Å². The number of hydrogen-bond donors (Lipinski definition) is 0. The molecule has 0 aliphatic heterocycles. The predicted molar refractivity (Wildman–Crippen MR) is 152 cm³/mol. The highest BCUT2D eigenvalue weighted by atomic mass is 15.3. The van der Waals surface area contributed by atoms with Gasteiger partial charge in [0, 0.05) is 16.7 Å². The first kappa shape index (κ1) is 27.0. The molecule has 0 fully saturated rings. The Labute approximate surface area is 215 Å². The highest BCUT2D eigenvalue weighted by Crippen LogP contribution is 2.25. The largest absolute Gasteiger partial charge is 0.286 e. The van der Waals surface area contributed by atoms with Crippen LogP contribution in [0.5, 0.6) is 0 Å². The molecule has 0 aliphatic rings. The summed E-state index contributed by atoms with van der Waals surface area (Å²) >= 11 is 0. The van der Waals surface area contributed by atoms with Crippen LogP contribution in [0.2, 0.25) is 0 Å². The van der Waals surface area contributed by atoms with E-state index in [0.29, 0.717) is 0 Å². The van der Waals surface area contributed by atoms with Gasteiger partial charge in [-0.1, -0.05) is 149 Å². The van der Waals surface area contributed by atoms with Crippen LogP contribution in [0, 0.1) is 0 Å². The highest BCUT2D eigenvalue weighted by Gasteiger charge is 2.26. The molecule has 0 saturated carbocycles. The zero-order valence-corrected chi connectivity index (χ0v) is 22.0. The van der Waals surface area contributed by atoms with Crippen molar-refractivity contribution >= 4 is 0 Å². The molecule has 0 radical (unpaired) electrons. The minimum atomic E-state index is 0.912. The lowest BCUT2D eigenvalue weighted by Crippen LogP contribution is -2.40. The zero-order chi connectivity index (χ0) is 24.4. The lowest BCUT2D eigenvalue weighted by Gasteiger charge is -2.36. The average molecular weight is 469 g/mol. The van der Waals surface area contributed by atoms with Crippen molar-refractivity contribution < 1.29 is 4.48 Å². The van der Waals surface area contributed by atoms with E-state index < -0.39 is 0 Å². The standard InChI is InChI=1S/C34H46N/c1-2-3-4-5-6-7-8-9-10-11-21-28-35(29-32-22-15-12-16-23-32,30-33-24-17-13-18-25-33)31-34-26-19-14-20-27-34/h12-28H,2-11,29-31H2,1H3/q+1/b28-21+. The first-order valence-electron chi connectivity index (χ1n) is 13.9. The van der Waals surface area contributed by atoms with Gasteiger partial charge in [0.25, 0.3) is 0 Å². The first-order valence-corrected chi connectivity index (χ1v) is 13.9. The van der Waals surface area contributed by atoms with E-state index in [0.717, 1.165) is 24.1 Å². The molecule has 0 saturated heterocycles. The highest BCUT2D eigenvalue weighted by molar-refractivity contribution is 5.17. The number of rotatable bonds is 17. The molecule has 0 amide bonds. The molecule has 3 rings (SSSR count). The van der Waals surface area contributed by atoms with Gasteiger partial charge in [0.15, 0.2) is 0 Å². The van der Waals surface area contributed by atoms with Gasteiger partial charge in [0.2, 0.25) is 0 Å². The van der Waals surface area contributed by atoms with Crippen molar-refractivity contribution in [3.63, 3.8) is 0 Å². The van der Waals surface area contributed by atoms with Gasteiger partial charge in [0.1, 0.15) is 19.6 Å². The average Bonchev–Trinajstić information content (AvgIpc) is 2.89. The summed E-state index contributed by atoms with van der Waals surface area (Å²) in [5.74, 6) is 0. The SMILES string of the molecule is CCCCCCCCCCC/C=C/[N+](Cc1ccccc1)(Cc1ccccc1)Cc1ccccc1. The Morgan fingerprint density at radius 2 is 0.857 bits per heavy atom. The molecule has 35 heavy (non-hydrogen) atoms. The number of nitrogens with zero attached hydrogens (tertiary/aromatic N) is 1.